The van der Waals surface area contributed by atoms with Gasteiger partial charge in [-0.05, 0) is 24.3 Å². The van der Waals surface area contributed by atoms with Crippen LogP contribution in [-0.2, 0) is 6.54 Å². The van der Waals surface area contributed by atoms with Crippen LogP contribution in [-0.4, -0.2) is 46.6 Å². The van der Waals surface area contributed by atoms with E-state index in [2.05, 4.69) is 43.0 Å². The molecule has 0 aliphatic carbocycles. The molecule has 1 aromatic carbocycles. The van der Waals surface area contributed by atoms with Gasteiger partial charge < -0.3 is 20.4 Å². The topological polar surface area (TPSA) is 95.3 Å². The van der Waals surface area contributed by atoms with Crippen LogP contribution < -0.4 is 16.0 Å². The molecule has 0 spiro atoms. The average molecular weight is 408 g/mol. The molecule has 3 aromatic rings. The van der Waals surface area contributed by atoms with Gasteiger partial charge in [-0.2, -0.15) is 0 Å². The predicted molar refractivity (Wildman–Crippen MR) is 109 cm³/mol. The van der Waals surface area contributed by atoms with Crippen LogP contribution in [0.15, 0.2) is 53.2 Å². The molecule has 3 N–H and O–H groups in total. The Hall–Kier alpha value is -3.46. The Morgan fingerprint density at radius 1 is 1.17 bits per heavy atom. The number of halogens is 1. The van der Waals surface area contributed by atoms with Gasteiger partial charge in [0.25, 0.3) is 5.91 Å². The van der Waals surface area contributed by atoms with Crippen molar-refractivity contribution in [2.75, 3.05) is 30.3 Å². The third kappa shape index (κ3) is 3.71. The molecule has 2 aromatic heterocycles. The fourth-order valence-electron chi connectivity index (χ4n) is 3.75. The fourth-order valence-corrected chi connectivity index (χ4v) is 3.75. The molecule has 1 amide bonds. The summed E-state index contributed by atoms with van der Waals surface area (Å²) in [6.45, 7) is 2.48. The molecule has 0 saturated carbocycles. The second-order valence-electron chi connectivity index (χ2n) is 7.48. The van der Waals surface area contributed by atoms with Gasteiger partial charge in [0.2, 0.25) is 11.7 Å². The number of hydrogen-bond acceptors (Lipinski definition) is 7. The molecular weight excluding hydrogens is 387 g/mol. The van der Waals surface area contributed by atoms with Crippen molar-refractivity contribution in [3.8, 4) is 0 Å². The third-order valence-electron chi connectivity index (χ3n) is 5.33. The highest BCUT2D eigenvalue weighted by Crippen LogP contribution is 2.31. The average Bonchev–Trinajstić information content (AvgIpc) is 3.36. The van der Waals surface area contributed by atoms with Gasteiger partial charge in [0.05, 0.1) is 35.7 Å². The number of anilines is 2. The van der Waals surface area contributed by atoms with E-state index in [1.807, 2.05) is 12.1 Å². The highest BCUT2D eigenvalue weighted by Gasteiger charge is 2.34. The van der Waals surface area contributed by atoms with Crippen LogP contribution in [0.5, 0.6) is 0 Å². The monoisotopic (exact) mass is 408 g/mol. The molecule has 0 radical (unpaired) electrons. The number of nitrogens with zero attached hydrogens (tertiary/aromatic N) is 3. The van der Waals surface area contributed by atoms with Crippen LogP contribution in [0.25, 0.3) is 0 Å². The van der Waals surface area contributed by atoms with Gasteiger partial charge in [-0.1, -0.05) is 12.1 Å². The largest absolute Gasteiger partial charge is 0.435 e. The molecule has 154 valence electrons. The Bertz CT molecular complexity index is 1040. The standard InChI is InChI=1S/C21H21FN6O2/c22-14-4-3-7-23-17(14)8-24-20(29)18-9-25-21(30-18)13-10-28(11-13)12-19-26-15-5-1-2-6-16(15)27-19/h1-7,9,13,19,26-27H,8,10-12H2,(H,24,29). The number of amides is 1. The predicted octanol–water partition coefficient (Wildman–Crippen LogP) is 2.40. The first-order valence-electron chi connectivity index (χ1n) is 9.83. The summed E-state index contributed by atoms with van der Waals surface area (Å²) < 4.78 is 19.2. The van der Waals surface area contributed by atoms with Crippen molar-refractivity contribution in [2.45, 2.75) is 18.6 Å². The lowest BCUT2D eigenvalue weighted by Crippen LogP contribution is -2.50. The maximum Gasteiger partial charge on any atom is 0.289 e. The molecule has 30 heavy (non-hydrogen) atoms. The van der Waals surface area contributed by atoms with Crippen molar-refractivity contribution in [1.82, 2.24) is 20.2 Å². The normalized spacial score (nSPS) is 16.4. The number of carbonyl (C=O) groups is 1. The molecule has 5 rings (SSSR count). The molecule has 8 nitrogen and oxygen atoms in total. The zero-order chi connectivity index (χ0) is 20.5. The SMILES string of the molecule is O=C(NCc1ncccc1F)c1cnc(C2CN(CC3Nc4ccccc4N3)C2)o1. The Balaban J connectivity index is 1.10. The maximum atomic E-state index is 13.6. The first kappa shape index (κ1) is 18.6. The van der Waals surface area contributed by atoms with Crippen molar-refractivity contribution in [1.29, 1.82) is 0 Å². The Kier molecular flexibility index (Phi) is 4.80. The van der Waals surface area contributed by atoms with Crippen LogP contribution in [0.3, 0.4) is 0 Å². The van der Waals surface area contributed by atoms with E-state index in [1.165, 1.54) is 24.5 Å². The molecule has 0 atom stereocenters. The Morgan fingerprint density at radius 3 is 2.67 bits per heavy atom. The number of oxazole rings is 1. The minimum atomic E-state index is -0.458. The summed E-state index contributed by atoms with van der Waals surface area (Å²) in [4.78, 5) is 22.7. The molecular formula is C21H21FN6O2. The first-order valence-corrected chi connectivity index (χ1v) is 9.83. The first-order chi connectivity index (χ1) is 14.7. The molecule has 0 unspecified atom stereocenters. The Morgan fingerprint density at radius 2 is 1.93 bits per heavy atom. The third-order valence-corrected chi connectivity index (χ3v) is 5.33. The number of nitrogens with one attached hydrogen (secondary N) is 3. The summed E-state index contributed by atoms with van der Waals surface area (Å²) in [6, 6.07) is 10.9. The number of fused-ring (bicyclic) bond motifs is 1. The molecule has 0 bridgehead atoms. The molecule has 4 heterocycles. The summed E-state index contributed by atoms with van der Waals surface area (Å²) in [5.74, 6) is -0.0685. The number of aromatic nitrogens is 2. The summed E-state index contributed by atoms with van der Waals surface area (Å²) in [5.41, 5.74) is 2.42. The van der Waals surface area contributed by atoms with E-state index in [1.54, 1.807) is 0 Å². The fraction of sp³-hybridized carbons (Fsp3) is 0.286. The quantitative estimate of drug-likeness (QED) is 0.576. The van der Waals surface area contributed by atoms with Crippen LogP contribution >= 0.6 is 0 Å². The summed E-state index contributed by atoms with van der Waals surface area (Å²) >= 11 is 0. The number of para-hydroxylation sites is 2. The number of hydrogen-bond donors (Lipinski definition) is 3. The highest BCUT2D eigenvalue weighted by molar-refractivity contribution is 5.91. The van der Waals surface area contributed by atoms with Gasteiger partial charge >= 0.3 is 0 Å². The van der Waals surface area contributed by atoms with E-state index >= 15 is 0 Å². The van der Waals surface area contributed by atoms with Crippen LogP contribution in [0.4, 0.5) is 15.8 Å². The number of carbonyl (C=O) groups excluding carboxylic acids is 1. The van der Waals surface area contributed by atoms with E-state index in [0.717, 1.165) is 31.0 Å². The second kappa shape index (κ2) is 7.75. The van der Waals surface area contributed by atoms with Crippen LogP contribution in [0.1, 0.15) is 28.1 Å². The zero-order valence-electron chi connectivity index (χ0n) is 16.1. The lowest BCUT2D eigenvalue weighted by atomic mass is 10.00. The smallest absolute Gasteiger partial charge is 0.289 e. The molecule has 2 aliphatic heterocycles. The van der Waals surface area contributed by atoms with Crippen LogP contribution in [0.2, 0.25) is 0 Å². The highest BCUT2D eigenvalue weighted by atomic mass is 19.1. The van der Waals surface area contributed by atoms with Gasteiger partial charge in [0.15, 0.2) is 0 Å². The number of benzene rings is 1. The van der Waals surface area contributed by atoms with E-state index in [4.69, 9.17) is 4.42 Å². The molecule has 2 aliphatic rings. The second-order valence-corrected chi connectivity index (χ2v) is 7.48. The maximum absolute atomic E-state index is 13.6. The van der Waals surface area contributed by atoms with E-state index in [-0.39, 0.29) is 30.1 Å². The minimum absolute atomic E-state index is 0.0114. The number of rotatable bonds is 6. The van der Waals surface area contributed by atoms with Gasteiger partial charge in [-0.3, -0.25) is 14.7 Å². The van der Waals surface area contributed by atoms with Crippen molar-refractivity contribution in [3.63, 3.8) is 0 Å². The van der Waals surface area contributed by atoms with Gasteiger partial charge in [0, 0.05) is 25.8 Å². The summed E-state index contributed by atoms with van der Waals surface area (Å²) in [7, 11) is 0. The summed E-state index contributed by atoms with van der Waals surface area (Å²) in [6.07, 6.45) is 3.06. The van der Waals surface area contributed by atoms with Gasteiger partial charge in [0.1, 0.15) is 12.0 Å². The van der Waals surface area contributed by atoms with Crippen LogP contribution in [0, 0.1) is 5.82 Å². The van der Waals surface area contributed by atoms with E-state index < -0.39 is 11.7 Å². The number of likely N-dealkylation sites (tertiary alicyclic amines) is 1. The van der Waals surface area contributed by atoms with Crippen molar-refractivity contribution < 1.29 is 13.6 Å². The van der Waals surface area contributed by atoms with E-state index in [0.29, 0.717) is 5.89 Å². The van der Waals surface area contributed by atoms with Gasteiger partial charge in [-0.25, -0.2) is 9.37 Å². The summed E-state index contributed by atoms with van der Waals surface area (Å²) in [5, 5.41) is 9.53. The van der Waals surface area contributed by atoms with Gasteiger partial charge in [-0.15, -0.1) is 0 Å². The number of pyridine rings is 1. The molecule has 9 heteroatoms. The molecule has 1 fully saturated rings. The lowest BCUT2D eigenvalue weighted by Gasteiger charge is -2.38. The minimum Gasteiger partial charge on any atom is -0.435 e. The van der Waals surface area contributed by atoms with Crippen molar-refractivity contribution in [2.24, 2.45) is 0 Å². The lowest BCUT2D eigenvalue weighted by molar-refractivity contribution is 0.0908. The van der Waals surface area contributed by atoms with Crippen molar-refractivity contribution >= 4 is 17.3 Å². The Labute approximate surface area is 172 Å². The molecule has 1 saturated heterocycles. The van der Waals surface area contributed by atoms with E-state index in [9.17, 15) is 9.18 Å². The van der Waals surface area contributed by atoms with Crippen molar-refractivity contribution in [3.05, 3.63) is 72.0 Å². The zero-order valence-corrected chi connectivity index (χ0v) is 16.1.